The first-order valence-corrected chi connectivity index (χ1v) is 19.8. The van der Waals surface area contributed by atoms with Crippen LogP contribution in [-0.4, -0.2) is 4.57 Å². The summed E-state index contributed by atoms with van der Waals surface area (Å²) < 4.78 is 2.40. The van der Waals surface area contributed by atoms with Crippen molar-refractivity contribution in [1.82, 2.24) is 4.57 Å². The molecule has 56 heavy (non-hydrogen) atoms. The molecule has 1 aromatic heterocycles. The van der Waals surface area contributed by atoms with Crippen LogP contribution in [0.15, 0.2) is 182 Å². The molecule has 2 heteroatoms. The number of hydrogen-bond donors (Lipinski definition) is 0. The maximum atomic E-state index is 2.47. The summed E-state index contributed by atoms with van der Waals surface area (Å²) in [6.45, 7) is 9.47. The van der Waals surface area contributed by atoms with Gasteiger partial charge in [-0.05, 0) is 116 Å². The molecule has 0 saturated heterocycles. The average molecular weight is 719 g/mol. The highest BCUT2D eigenvalue weighted by Crippen LogP contribution is 2.53. The van der Waals surface area contributed by atoms with E-state index in [0.29, 0.717) is 0 Å². The second kappa shape index (κ2) is 11.9. The van der Waals surface area contributed by atoms with E-state index in [4.69, 9.17) is 0 Å². The second-order valence-electron chi connectivity index (χ2n) is 16.6. The molecule has 11 rings (SSSR count). The van der Waals surface area contributed by atoms with Crippen molar-refractivity contribution in [1.29, 1.82) is 0 Å². The molecule has 2 aliphatic carbocycles. The molecule has 2 nitrogen and oxygen atoms in total. The van der Waals surface area contributed by atoms with Crippen LogP contribution in [0, 0.1) is 0 Å². The molecule has 0 N–H and O–H groups in total. The fraction of sp³-hybridized carbons (Fsp3) is 0.111. The Morgan fingerprint density at radius 2 is 0.804 bits per heavy atom. The maximum absolute atomic E-state index is 2.47. The van der Waals surface area contributed by atoms with Crippen LogP contribution < -0.4 is 4.90 Å². The van der Waals surface area contributed by atoms with E-state index < -0.39 is 0 Å². The summed E-state index contributed by atoms with van der Waals surface area (Å²) >= 11 is 0. The fourth-order valence-electron chi connectivity index (χ4n) is 9.96. The molecule has 0 bridgehead atoms. The monoisotopic (exact) mass is 718 g/mol. The molecular weight excluding hydrogens is 677 g/mol. The van der Waals surface area contributed by atoms with Gasteiger partial charge < -0.3 is 9.47 Å². The van der Waals surface area contributed by atoms with E-state index in [1.54, 1.807) is 0 Å². The predicted molar refractivity (Wildman–Crippen MR) is 236 cm³/mol. The minimum atomic E-state index is -0.107. The number of nitrogens with zero attached hydrogens (tertiary/aromatic N) is 2. The molecule has 1 heterocycles. The van der Waals surface area contributed by atoms with Crippen LogP contribution in [0.3, 0.4) is 0 Å². The van der Waals surface area contributed by atoms with E-state index in [9.17, 15) is 0 Å². The number of hydrogen-bond acceptors (Lipinski definition) is 1. The van der Waals surface area contributed by atoms with E-state index in [2.05, 4.69) is 219 Å². The predicted octanol–water partition coefficient (Wildman–Crippen LogP) is 14.5. The van der Waals surface area contributed by atoms with Crippen molar-refractivity contribution in [3.63, 3.8) is 0 Å². The quantitative estimate of drug-likeness (QED) is 0.172. The largest absolute Gasteiger partial charge is 0.310 e. The van der Waals surface area contributed by atoms with Crippen molar-refractivity contribution in [2.24, 2.45) is 0 Å². The Labute approximate surface area is 328 Å². The summed E-state index contributed by atoms with van der Waals surface area (Å²) in [4.78, 5) is 2.47. The van der Waals surface area contributed by atoms with Crippen LogP contribution in [0.1, 0.15) is 49.9 Å². The molecule has 8 aromatic carbocycles. The Hall–Kier alpha value is -6.64. The number of fused-ring (bicyclic) bond motifs is 9. The first-order chi connectivity index (χ1) is 27.3. The number of rotatable bonds is 5. The van der Waals surface area contributed by atoms with Gasteiger partial charge in [-0.2, -0.15) is 0 Å². The highest BCUT2D eigenvalue weighted by molar-refractivity contribution is 6.09. The summed E-state index contributed by atoms with van der Waals surface area (Å²) in [5, 5.41) is 2.54. The molecule has 9 aromatic rings. The molecule has 0 atom stereocenters. The number of para-hydroxylation sites is 2. The fourth-order valence-corrected chi connectivity index (χ4v) is 9.96. The molecule has 0 aliphatic heterocycles. The molecule has 0 fully saturated rings. The van der Waals surface area contributed by atoms with Gasteiger partial charge in [0.05, 0.1) is 11.0 Å². The van der Waals surface area contributed by atoms with Gasteiger partial charge in [-0.1, -0.05) is 149 Å². The number of benzene rings is 8. The van der Waals surface area contributed by atoms with E-state index in [-0.39, 0.29) is 10.8 Å². The van der Waals surface area contributed by atoms with Gasteiger partial charge in [0.15, 0.2) is 0 Å². The highest BCUT2D eigenvalue weighted by Gasteiger charge is 2.37. The van der Waals surface area contributed by atoms with Gasteiger partial charge in [0.25, 0.3) is 0 Å². The van der Waals surface area contributed by atoms with Crippen molar-refractivity contribution in [2.45, 2.75) is 38.5 Å². The average Bonchev–Trinajstić information content (AvgIpc) is 3.78. The number of anilines is 3. The van der Waals surface area contributed by atoms with Crippen LogP contribution in [0.4, 0.5) is 17.1 Å². The van der Waals surface area contributed by atoms with Crippen molar-refractivity contribution in [3.8, 4) is 39.1 Å². The van der Waals surface area contributed by atoms with Gasteiger partial charge in [-0.25, -0.2) is 0 Å². The minimum absolute atomic E-state index is 0.107. The third-order valence-electron chi connectivity index (χ3n) is 12.8. The molecular formula is C54H42N2. The Kier molecular flexibility index (Phi) is 6.98. The van der Waals surface area contributed by atoms with Crippen LogP contribution in [0.2, 0.25) is 0 Å². The molecule has 268 valence electrons. The SMILES string of the molecule is CC1(C)c2ccccc2-c2ccc(N(c3cccc(-c4cccc(-n5c6ccccc6c6ccccc65)c4)c3)c3ccc4c(c3)C(C)(C)c3ccccc3-4)cc21. The Bertz CT molecular complexity index is 2890. The van der Waals surface area contributed by atoms with Gasteiger partial charge in [-0.15, -0.1) is 0 Å². The van der Waals surface area contributed by atoms with Gasteiger partial charge >= 0.3 is 0 Å². The van der Waals surface area contributed by atoms with Crippen LogP contribution >= 0.6 is 0 Å². The van der Waals surface area contributed by atoms with E-state index >= 15 is 0 Å². The van der Waals surface area contributed by atoms with E-state index in [1.165, 1.54) is 77.4 Å². The van der Waals surface area contributed by atoms with Crippen LogP contribution in [0.5, 0.6) is 0 Å². The zero-order chi connectivity index (χ0) is 37.8. The highest BCUT2D eigenvalue weighted by atomic mass is 15.1. The third kappa shape index (κ3) is 4.69. The van der Waals surface area contributed by atoms with Crippen molar-refractivity contribution < 1.29 is 0 Å². The lowest BCUT2D eigenvalue weighted by Gasteiger charge is -2.30. The summed E-state index contributed by atoms with van der Waals surface area (Å²) in [6, 6.07) is 67.6. The molecule has 2 aliphatic rings. The van der Waals surface area contributed by atoms with Crippen molar-refractivity contribution in [2.75, 3.05) is 4.90 Å². The first-order valence-electron chi connectivity index (χ1n) is 19.8. The summed E-state index contributed by atoms with van der Waals surface area (Å²) in [5.74, 6) is 0. The number of aromatic nitrogens is 1. The minimum Gasteiger partial charge on any atom is -0.310 e. The van der Waals surface area contributed by atoms with E-state index in [1.807, 2.05) is 0 Å². The summed E-state index contributed by atoms with van der Waals surface area (Å²) in [6.07, 6.45) is 0. The standard InChI is InChI=1S/C54H42N2/c1-53(2)47-23-9-5-19-41(47)43-29-27-39(33-49(43)53)55(40-28-30-44-42-20-6-10-24-48(42)54(3,4)50(44)34-40)37-17-13-15-35(31-37)36-16-14-18-38(32-36)56-51-25-11-7-21-45(51)46-22-8-12-26-52(46)56/h5-34H,1-4H3. The lowest BCUT2D eigenvalue weighted by molar-refractivity contribution is 0.660. The van der Waals surface area contributed by atoms with Gasteiger partial charge in [0.1, 0.15) is 0 Å². The second-order valence-corrected chi connectivity index (χ2v) is 16.6. The third-order valence-corrected chi connectivity index (χ3v) is 12.8. The summed E-state index contributed by atoms with van der Waals surface area (Å²) in [7, 11) is 0. The summed E-state index contributed by atoms with van der Waals surface area (Å²) in [5.41, 5.74) is 20.0. The van der Waals surface area contributed by atoms with Gasteiger partial charge in [-0.3, -0.25) is 0 Å². The zero-order valence-electron chi connectivity index (χ0n) is 32.2. The lowest BCUT2D eigenvalue weighted by Crippen LogP contribution is -2.18. The smallest absolute Gasteiger partial charge is 0.0541 e. The van der Waals surface area contributed by atoms with Gasteiger partial charge in [0, 0.05) is 44.4 Å². The van der Waals surface area contributed by atoms with Crippen LogP contribution in [0.25, 0.3) is 60.9 Å². The molecule has 0 radical (unpaired) electrons. The Morgan fingerprint density at radius 1 is 0.357 bits per heavy atom. The molecule has 0 spiro atoms. The van der Waals surface area contributed by atoms with Gasteiger partial charge in [0.2, 0.25) is 0 Å². The molecule has 0 amide bonds. The van der Waals surface area contributed by atoms with Crippen LogP contribution in [-0.2, 0) is 10.8 Å². The zero-order valence-corrected chi connectivity index (χ0v) is 32.2. The van der Waals surface area contributed by atoms with E-state index in [0.717, 1.165) is 22.7 Å². The lowest BCUT2D eigenvalue weighted by atomic mass is 9.82. The van der Waals surface area contributed by atoms with Crippen molar-refractivity contribution >= 4 is 38.9 Å². The molecule has 0 unspecified atom stereocenters. The van der Waals surface area contributed by atoms with Crippen molar-refractivity contribution in [3.05, 3.63) is 204 Å². The Balaban J connectivity index is 1.08. The normalized spacial score (nSPS) is 14.4. The Morgan fingerprint density at radius 3 is 1.38 bits per heavy atom. The topological polar surface area (TPSA) is 8.17 Å². The first kappa shape index (κ1) is 32.8. The molecule has 0 saturated carbocycles. The maximum Gasteiger partial charge on any atom is 0.0541 e.